The van der Waals surface area contributed by atoms with Gasteiger partial charge in [0.05, 0.1) is 13.0 Å². The molecule has 0 saturated heterocycles. The number of hydrogen-bond acceptors (Lipinski definition) is 4. The summed E-state index contributed by atoms with van der Waals surface area (Å²) in [5.74, 6) is 1.48. The maximum atomic E-state index is 12.8. The van der Waals surface area contributed by atoms with Crippen molar-refractivity contribution in [2.24, 2.45) is 0 Å². The van der Waals surface area contributed by atoms with Crippen LogP contribution in [0.3, 0.4) is 0 Å². The van der Waals surface area contributed by atoms with E-state index in [0.29, 0.717) is 18.9 Å². The number of amides is 1. The Morgan fingerprint density at radius 2 is 1.93 bits per heavy atom. The van der Waals surface area contributed by atoms with Crippen molar-refractivity contribution in [2.75, 3.05) is 33.4 Å². The molecule has 0 fully saturated rings. The van der Waals surface area contributed by atoms with Crippen LogP contribution in [0, 0.1) is 0 Å². The van der Waals surface area contributed by atoms with Crippen molar-refractivity contribution < 1.29 is 14.3 Å². The number of carbonyl (C=O) groups is 1. The molecule has 1 unspecified atom stereocenters. The number of nitrogens with zero attached hydrogens (tertiary/aromatic N) is 1. The van der Waals surface area contributed by atoms with Crippen LogP contribution in [0.4, 0.5) is 0 Å². The number of nitrogens with one attached hydrogen (secondary N) is 1. The Morgan fingerprint density at radius 1 is 1.13 bits per heavy atom. The lowest BCUT2D eigenvalue weighted by Crippen LogP contribution is -2.31. The second kappa shape index (κ2) is 11.0. The average molecular weight is 411 g/mol. The van der Waals surface area contributed by atoms with Crippen molar-refractivity contribution in [3.63, 3.8) is 0 Å². The fourth-order valence-corrected chi connectivity index (χ4v) is 4.10. The van der Waals surface area contributed by atoms with Gasteiger partial charge in [0.25, 0.3) is 0 Å². The molecule has 0 radical (unpaired) electrons. The van der Waals surface area contributed by atoms with Crippen LogP contribution in [-0.4, -0.2) is 44.2 Å². The van der Waals surface area contributed by atoms with Gasteiger partial charge >= 0.3 is 0 Å². The topological polar surface area (TPSA) is 50.8 Å². The predicted molar refractivity (Wildman–Crippen MR) is 120 cm³/mol. The van der Waals surface area contributed by atoms with Crippen molar-refractivity contribution in [2.45, 2.75) is 45.6 Å². The van der Waals surface area contributed by atoms with Crippen molar-refractivity contribution in [3.05, 3.63) is 59.2 Å². The molecule has 3 rings (SSSR count). The van der Waals surface area contributed by atoms with E-state index >= 15 is 0 Å². The number of rotatable bonds is 10. The van der Waals surface area contributed by atoms with Crippen LogP contribution in [0.15, 0.2) is 42.5 Å². The molecule has 0 bridgehead atoms. The predicted octanol–water partition coefficient (Wildman–Crippen LogP) is 4.15. The lowest BCUT2D eigenvalue weighted by atomic mass is 9.82. The van der Waals surface area contributed by atoms with E-state index in [0.717, 1.165) is 50.2 Å². The second-order valence-electron chi connectivity index (χ2n) is 7.72. The summed E-state index contributed by atoms with van der Waals surface area (Å²) >= 11 is 0. The quantitative estimate of drug-likeness (QED) is 0.639. The largest absolute Gasteiger partial charge is 0.493 e. The molecule has 30 heavy (non-hydrogen) atoms. The average Bonchev–Trinajstić information content (AvgIpc) is 2.80. The minimum atomic E-state index is -0.0560. The molecule has 2 aromatic carbocycles. The summed E-state index contributed by atoms with van der Waals surface area (Å²) in [5, 5.41) is 3.11. The van der Waals surface area contributed by atoms with Gasteiger partial charge in [-0.3, -0.25) is 4.79 Å². The molecule has 0 spiro atoms. The zero-order chi connectivity index (χ0) is 21.3. The van der Waals surface area contributed by atoms with Crippen LogP contribution in [0.5, 0.6) is 11.5 Å². The molecule has 0 aliphatic heterocycles. The lowest BCUT2D eigenvalue weighted by molar-refractivity contribution is -0.123. The van der Waals surface area contributed by atoms with Crippen LogP contribution in [-0.2, 0) is 17.8 Å². The van der Waals surface area contributed by atoms with E-state index in [9.17, 15) is 4.79 Å². The molecule has 1 aliphatic rings. The Balaban J connectivity index is 1.57. The molecular formula is C25H34N2O3. The van der Waals surface area contributed by atoms with Crippen molar-refractivity contribution in [1.29, 1.82) is 0 Å². The number of hydrogen-bond donors (Lipinski definition) is 1. The van der Waals surface area contributed by atoms with Crippen LogP contribution >= 0.6 is 0 Å². The van der Waals surface area contributed by atoms with Gasteiger partial charge in [0.1, 0.15) is 6.61 Å². The Kier molecular flexibility index (Phi) is 8.14. The van der Waals surface area contributed by atoms with E-state index in [-0.39, 0.29) is 11.8 Å². The molecule has 1 N–H and O–H groups in total. The highest BCUT2D eigenvalue weighted by molar-refractivity contribution is 5.84. The first-order valence-electron chi connectivity index (χ1n) is 11.0. The van der Waals surface area contributed by atoms with E-state index in [1.165, 1.54) is 11.1 Å². The highest BCUT2D eigenvalue weighted by Crippen LogP contribution is 2.32. The van der Waals surface area contributed by atoms with Gasteiger partial charge in [0.2, 0.25) is 5.91 Å². The molecular weight excluding hydrogens is 376 g/mol. The molecule has 5 heteroatoms. The molecule has 1 atom stereocenters. The van der Waals surface area contributed by atoms with Crippen molar-refractivity contribution >= 4 is 5.91 Å². The number of carbonyl (C=O) groups excluding carboxylic acids is 1. The van der Waals surface area contributed by atoms with E-state index < -0.39 is 0 Å². The highest BCUT2D eigenvalue weighted by atomic mass is 16.5. The van der Waals surface area contributed by atoms with Crippen molar-refractivity contribution in [1.82, 2.24) is 10.2 Å². The number of aryl methyl sites for hydroxylation is 1. The van der Waals surface area contributed by atoms with Crippen molar-refractivity contribution in [3.8, 4) is 11.5 Å². The third-order valence-corrected chi connectivity index (χ3v) is 5.94. The van der Waals surface area contributed by atoms with E-state index in [2.05, 4.69) is 42.3 Å². The monoisotopic (exact) mass is 410 g/mol. The van der Waals surface area contributed by atoms with Gasteiger partial charge in [-0.2, -0.15) is 0 Å². The molecule has 2 aromatic rings. The molecule has 1 amide bonds. The second-order valence-corrected chi connectivity index (χ2v) is 7.72. The first-order valence-corrected chi connectivity index (χ1v) is 11.0. The molecule has 0 aromatic heterocycles. The highest BCUT2D eigenvalue weighted by Gasteiger charge is 2.25. The SMILES string of the molecule is CCN(CC)CCOc1ccc(CNC(=O)C2CCCc3ccccc32)cc1OC. The maximum Gasteiger partial charge on any atom is 0.227 e. The summed E-state index contributed by atoms with van der Waals surface area (Å²) in [4.78, 5) is 15.2. The molecule has 0 saturated carbocycles. The van der Waals surface area contributed by atoms with E-state index in [1.807, 2.05) is 24.3 Å². The fraction of sp³-hybridized carbons (Fsp3) is 0.480. The zero-order valence-electron chi connectivity index (χ0n) is 18.4. The number of likely N-dealkylation sites (N-methyl/N-ethyl adjacent to an activating group) is 1. The Bertz CT molecular complexity index is 833. The third kappa shape index (κ3) is 5.54. The van der Waals surface area contributed by atoms with Gasteiger partial charge in [-0.25, -0.2) is 0 Å². The maximum absolute atomic E-state index is 12.8. The number of ether oxygens (including phenoxy) is 2. The van der Waals surface area contributed by atoms with Gasteiger partial charge in [0, 0.05) is 13.1 Å². The fourth-order valence-electron chi connectivity index (χ4n) is 4.10. The first kappa shape index (κ1) is 22.2. The molecule has 162 valence electrons. The standard InChI is InChI=1S/C25H34N2O3/c1-4-27(5-2)15-16-30-23-14-13-19(17-24(23)29-3)18-26-25(28)22-12-8-10-20-9-6-7-11-21(20)22/h6-7,9,11,13-14,17,22H,4-5,8,10,12,15-16,18H2,1-3H3,(H,26,28). The summed E-state index contributed by atoms with van der Waals surface area (Å²) < 4.78 is 11.4. The number of methoxy groups -OCH3 is 1. The van der Waals surface area contributed by atoms with Crippen LogP contribution in [0.1, 0.15) is 49.3 Å². The van der Waals surface area contributed by atoms with Crippen LogP contribution < -0.4 is 14.8 Å². The van der Waals surface area contributed by atoms with Crippen LogP contribution in [0.25, 0.3) is 0 Å². The van der Waals surface area contributed by atoms with E-state index in [1.54, 1.807) is 7.11 Å². The van der Waals surface area contributed by atoms with Crippen LogP contribution in [0.2, 0.25) is 0 Å². The molecule has 5 nitrogen and oxygen atoms in total. The lowest BCUT2D eigenvalue weighted by Gasteiger charge is -2.24. The summed E-state index contributed by atoms with van der Waals surface area (Å²) in [5.41, 5.74) is 3.48. The number of fused-ring (bicyclic) bond motifs is 1. The number of benzene rings is 2. The van der Waals surface area contributed by atoms with Gasteiger partial charge in [0.15, 0.2) is 11.5 Å². The Labute approximate surface area is 180 Å². The Morgan fingerprint density at radius 3 is 2.70 bits per heavy atom. The van der Waals surface area contributed by atoms with E-state index in [4.69, 9.17) is 9.47 Å². The smallest absolute Gasteiger partial charge is 0.227 e. The minimum absolute atomic E-state index is 0.0560. The Hall–Kier alpha value is -2.53. The van der Waals surface area contributed by atoms with Gasteiger partial charge in [-0.1, -0.05) is 44.2 Å². The molecule has 0 heterocycles. The summed E-state index contributed by atoms with van der Waals surface area (Å²) in [7, 11) is 1.65. The summed E-state index contributed by atoms with van der Waals surface area (Å²) in [6, 6.07) is 14.2. The minimum Gasteiger partial charge on any atom is -0.493 e. The first-order chi connectivity index (χ1) is 14.7. The normalized spacial score (nSPS) is 15.5. The van der Waals surface area contributed by atoms with Gasteiger partial charge in [-0.15, -0.1) is 0 Å². The third-order valence-electron chi connectivity index (χ3n) is 5.94. The van der Waals surface area contributed by atoms with Gasteiger partial charge < -0.3 is 19.7 Å². The summed E-state index contributed by atoms with van der Waals surface area (Å²) in [6.45, 7) is 8.32. The van der Waals surface area contributed by atoms with Gasteiger partial charge in [-0.05, 0) is 61.2 Å². The molecule has 1 aliphatic carbocycles. The zero-order valence-corrected chi connectivity index (χ0v) is 18.4. The summed E-state index contributed by atoms with van der Waals surface area (Å²) in [6.07, 6.45) is 3.03.